The lowest BCUT2D eigenvalue weighted by Crippen LogP contribution is -2.37. The highest BCUT2D eigenvalue weighted by molar-refractivity contribution is 7.22. The van der Waals surface area contributed by atoms with Crippen LogP contribution < -0.4 is 15.1 Å². The zero-order valence-electron chi connectivity index (χ0n) is 20.5. The number of morpholine rings is 1. The minimum absolute atomic E-state index is 0.211. The van der Waals surface area contributed by atoms with Crippen molar-refractivity contribution >= 4 is 44.2 Å². The quantitative estimate of drug-likeness (QED) is 0.406. The third kappa shape index (κ3) is 5.02. The minimum Gasteiger partial charge on any atom is -0.451 e. The number of hydrogen-bond acceptors (Lipinski definition) is 10. The van der Waals surface area contributed by atoms with Crippen LogP contribution in [0.15, 0.2) is 40.9 Å². The molecule has 0 aromatic carbocycles. The van der Waals surface area contributed by atoms with Gasteiger partial charge in [-0.15, -0.1) is 0 Å². The van der Waals surface area contributed by atoms with Crippen LogP contribution in [-0.2, 0) is 4.74 Å². The maximum atomic E-state index is 13.3. The molecule has 37 heavy (non-hydrogen) atoms. The van der Waals surface area contributed by atoms with Gasteiger partial charge in [-0.05, 0) is 50.1 Å². The molecule has 2 aliphatic rings. The molecule has 0 atom stereocenters. The molecule has 2 aliphatic heterocycles. The topological polar surface area (TPSA) is 117 Å². The number of carbonyl (C=O) groups is 1. The van der Waals surface area contributed by atoms with Crippen molar-refractivity contribution in [2.45, 2.75) is 25.9 Å². The van der Waals surface area contributed by atoms with Gasteiger partial charge in [-0.25, -0.2) is 4.98 Å². The average molecular weight is 521 g/mol. The maximum absolute atomic E-state index is 13.3. The molecule has 4 aromatic rings. The molecule has 0 saturated carbocycles. The van der Waals surface area contributed by atoms with E-state index in [1.54, 1.807) is 29.7 Å². The molecular formula is C26H28N6O4S. The van der Waals surface area contributed by atoms with Gasteiger partial charge in [-0.3, -0.25) is 9.78 Å². The second-order valence-corrected chi connectivity index (χ2v) is 10.3. The Bertz CT molecular complexity index is 1420. The SMILES string of the molecule is Cc1cc(-c2ccc(C(=O)Nc3cc4sc(N5CCOCC5)nc4nc3N3CCC(O)CC3)o2)ccn1. The largest absolute Gasteiger partial charge is 0.451 e. The number of nitrogens with one attached hydrogen (secondary N) is 1. The number of furan rings is 1. The molecule has 6 heterocycles. The lowest BCUT2D eigenvalue weighted by Gasteiger charge is -2.31. The Morgan fingerprint density at radius 2 is 1.89 bits per heavy atom. The second kappa shape index (κ2) is 10.1. The van der Waals surface area contributed by atoms with Crippen LogP contribution >= 0.6 is 11.3 Å². The molecule has 192 valence electrons. The van der Waals surface area contributed by atoms with Crippen molar-refractivity contribution in [1.82, 2.24) is 15.0 Å². The number of rotatable bonds is 5. The molecule has 6 rings (SSSR count). The summed E-state index contributed by atoms with van der Waals surface area (Å²) >= 11 is 1.56. The van der Waals surface area contributed by atoms with E-state index in [1.165, 1.54) is 0 Å². The fourth-order valence-corrected chi connectivity index (χ4v) is 5.64. The van der Waals surface area contributed by atoms with E-state index in [-0.39, 0.29) is 17.8 Å². The van der Waals surface area contributed by atoms with Crippen LogP contribution in [-0.4, -0.2) is 71.5 Å². The predicted octanol–water partition coefficient (Wildman–Crippen LogP) is 3.70. The van der Waals surface area contributed by atoms with Crippen molar-refractivity contribution in [1.29, 1.82) is 0 Å². The number of pyridine rings is 2. The molecule has 2 saturated heterocycles. The number of anilines is 3. The number of carbonyl (C=O) groups excluding carboxylic acids is 1. The van der Waals surface area contributed by atoms with Crippen LogP contribution in [0.3, 0.4) is 0 Å². The summed E-state index contributed by atoms with van der Waals surface area (Å²) in [7, 11) is 0. The number of nitrogens with zero attached hydrogens (tertiary/aromatic N) is 5. The van der Waals surface area contributed by atoms with Crippen molar-refractivity contribution in [2.75, 3.05) is 54.5 Å². The van der Waals surface area contributed by atoms with Gasteiger partial charge in [0.1, 0.15) is 5.76 Å². The van der Waals surface area contributed by atoms with Gasteiger partial charge in [-0.2, -0.15) is 4.98 Å². The van der Waals surface area contributed by atoms with E-state index < -0.39 is 0 Å². The number of aromatic nitrogens is 3. The smallest absolute Gasteiger partial charge is 0.291 e. The van der Waals surface area contributed by atoms with Gasteiger partial charge in [0.15, 0.2) is 22.4 Å². The molecule has 4 aromatic heterocycles. The van der Waals surface area contributed by atoms with Crippen LogP contribution in [0.25, 0.3) is 21.7 Å². The van der Waals surface area contributed by atoms with Gasteiger partial charge < -0.3 is 29.4 Å². The van der Waals surface area contributed by atoms with Gasteiger partial charge in [0.25, 0.3) is 5.91 Å². The van der Waals surface area contributed by atoms with Gasteiger partial charge >= 0.3 is 0 Å². The van der Waals surface area contributed by atoms with E-state index in [0.717, 1.165) is 34.2 Å². The van der Waals surface area contributed by atoms with Crippen molar-refractivity contribution in [3.05, 3.63) is 48.0 Å². The molecule has 10 nitrogen and oxygen atoms in total. The monoisotopic (exact) mass is 520 g/mol. The third-order valence-corrected chi connectivity index (χ3v) is 7.71. The lowest BCUT2D eigenvalue weighted by atomic mass is 10.1. The molecule has 0 unspecified atom stereocenters. The number of aryl methyl sites for hydroxylation is 1. The summed E-state index contributed by atoms with van der Waals surface area (Å²) in [4.78, 5) is 31.5. The van der Waals surface area contributed by atoms with Gasteiger partial charge in [0.05, 0.1) is 29.7 Å². The summed E-state index contributed by atoms with van der Waals surface area (Å²) < 4.78 is 12.3. The summed E-state index contributed by atoms with van der Waals surface area (Å²) in [5.74, 6) is 1.12. The Morgan fingerprint density at radius 3 is 2.68 bits per heavy atom. The van der Waals surface area contributed by atoms with E-state index >= 15 is 0 Å². The lowest BCUT2D eigenvalue weighted by molar-refractivity contribution is 0.0997. The van der Waals surface area contributed by atoms with Crippen molar-refractivity contribution in [3.63, 3.8) is 0 Å². The average Bonchev–Trinajstić information content (AvgIpc) is 3.57. The maximum Gasteiger partial charge on any atom is 0.291 e. The Morgan fingerprint density at radius 1 is 1.08 bits per heavy atom. The highest BCUT2D eigenvalue weighted by atomic mass is 32.1. The van der Waals surface area contributed by atoms with Crippen molar-refractivity contribution in [2.24, 2.45) is 0 Å². The number of hydrogen-bond donors (Lipinski definition) is 2. The van der Waals surface area contributed by atoms with E-state index in [0.29, 0.717) is 62.1 Å². The number of piperidine rings is 1. The molecule has 0 spiro atoms. The van der Waals surface area contributed by atoms with E-state index in [2.05, 4.69) is 20.1 Å². The van der Waals surface area contributed by atoms with Gasteiger partial charge in [0, 0.05) is 43.6 Å². The molecule has 1 amide bonds. The van der Waals surface area contributed by atoms with Crippen LogP contribution in [0, 0.1) is 6.92 Å². The number of ether oxygens (including phenoxy) is 1. The van der Waals surface area contributed by atoms with Crippen LogP contribution in [0.5, 0.6) is 0 Å². The summed E-state index contributed by atoms with van der Waals surface area (Å²) in [5.41, 5.74) is 2.99. The predicted molar refractivity (Wildman–Crippen MR) is 143 cm³/mol. The first-order valence-corrected chi connectivity index (χ1v) is 13.3. The number of fused-ring (bicyclic) bond motifs is 1. The van der Waals surface area contributed by atoms with Gasteiger partial charge in [-0.1, -0.05) is 11.3 Å². The van der Waals surface area contributed by atoms with Crippen LogP contribution in [0.2, 0.25) is 0 Å². The Balaban J connectivity index is 1.31. The Hall–Kier alpha value is -3.54. The van der Waals surface area contributed by atoms with Crippen molar-refractivity contribution in [3.8, 4) is 11.3 Å². The molecule has 0 bridgehead atoms. The van der Waals surface area contributed by atoms with E-state index in [1.807, 2.05) is 25.1 Å². The number of aliphatic hydroxyl groups is 1. The number of amides is 1. The summed E-state index contributed by atoms with van der Waals surface area (Å²) in [5, 5.41) is 13.9. The third-order valence-electron chi connectivity index (χ3n) is 6.66. The zero-order chi connectivity index (χ0) is 25.4. The Kier molecular flexibility index (Phi) is 6.49. The normalized spacial score (nSPS) is 16.9. The minimum atomic E-state index is -0.352. The molecule has 2 fully saturated rings. The number of aliphatic hydroxyl groups excluding tert-OH is 1. The van der Waals surface area contributed by atoms with E-state index in [4.69, 9.17) is 19.1 Å². The second-order valence-electron chi connectivity index (χ2n) is 9.30. The first-order valence-electron chi connectivity index (χ1n) is 12.4. The molecule has 0 aliphatic carbocycles. The summed E-state index contributed by atoms with van der Waals surface area (Å²) in [6.07, 6.45) is 2.70. The molecular weight excluding hydrogens is 492 g/mol. The van der Waals surface area contributed by atoms with Crippen molar-refractivity contribution < 1.29 is 19.1 Å². The highest BCUT2D eigenvalue weighted by Crippen LogP contribution is 2.36. The molecule has 2 N–H and O–H groups in total. The highest BCUT2D eigenvalue weighted by Gasteiger charge is 2.25. The number of thiazole rings is 1. The van der Waals surface area contributed by atoms with Crippen LogP contribution in [0.1, 0.15) is 29.1 Å². The first-order chi connectivity index (χ1) is 18.0. The summed E-state index contributed by atoms with van der Waals surface area (Å²) in [6, 6.07) is 9.17. The molecule has 0 radical (unpaired) electrons. The fraction of sp³-hybridized carbons (Fsp3) is 0.385. The van der Waals surface area contributed by atoms with Gasteiger partial charge in [0.2, 0.25) is 0 Å². The standard InChI is InChI=1S/C26H28N6O4S/c1-16-14-17(4-7-27-16)20-2-3-21(36-20)25(34)28-19-15-22-23(29-24(19)31-8-5-18(33)6-9-31)30-26(37-22)32-10-12-35-13-11-32/h2-4,7,14-15,18,33H,5-6,8-13H2,1H3,(H,28,34). The first kappa shape index (κ1) is 23.8. The Labute approximate surface area is 217 Å². The molecule has 11 heteroatoms. The fourth-order valence-electron chi connectivity index (χ4n) is 4.64. The zero-order valence-corrected chi connectivity index (χ0v) is 21.3. The summed E-state index contributed by atoms with van der Waals surface area (Å²) in [6.45, 7) is 6.14. The van der Waals surface area contributed by atoms with E-state index in [9.17, 15) is 9.90 Å². The van der Waals surface area contributed by atoms with Crippen LogP contribution in [0.4, 0.5) is 16.6 Å².